The van der Waals surface area contributed by atoms with E-state index in [1.165, 1.54) is 0 Å². The van der Waals surface area contributed by atoms with Crippen LogP contribution in [0.2, 0.25) is 0 Å². The van der Waals surface area contributed by atoms with Gasteiger partial charge in [0.05, 0.1) is 46.1 Å². The van der Waals surface area contributed by atoms with Crippen LogP contribution >= 0.6 is 0 Å². The smallest absolute Gasteiger partial charge is 0.165 e. The third-order valence-corrected chi connectivity index (χ3v) is 7.81. The highest BCUT2D eigenvalue weighted by molar-refractivity contribution is 5.49. The van der Waals surface area contributed by atoms with Gasteiger partial charge in [-0.2, -0.15) is 0 Å². The minimum Gasteiger partial charge on any atom is -0.497 e. The van der Waals surface area contributed by atoms with E-state index in [4.69, 9.17) is 28.4 Å². The molecule has 7 nitrogen and oxygen atoms in total. The Balaban J connectivity index is 1.55. The summed E-state index contributed by atoms with van der Waals surface area (Å²) >= 11 is 0. The summed E-state index contributed by atoms with van der Waals surface area (Å²) in [5.41, 5.74) is 2.83. The molecule has 0 bridgehead atoms. The molecule has 0 radical (unpaired) electrons. The van der Waals surface area contributed by atoms with Crippen molar-refractivity contribution in [1.29, 1.82) is 0 Å². The maximum absolute atomic E-state index is 10.2. The lowest BCUT2D eigenvalue weighted by Gasteiger charge is -2.38. The first-order valence-corrected chi connectivity index (χ1v) is 14.1. The van der Waals surface area contributed by atoms with Crippen LogP contribution in [0.25, 0.3) is 0 Å². The number of hydrogen-bond donors (Lipinski definition) is 1. The molecule has 0 saturated carbocycles. The molecule has 0 aliphatic carbocycles. The van der Waals surface area contributed by atoms with Gasteiger partial charge >= 0.3 is 0 Å². The second-order valence-corrected chi connectivity index (χ2v) is 10.2. The maximum Gasteiger partial charge on any atom is 0.165 e. The first-order valence-electron chi connectivity index (χ1n) is 14.1. The Morgan fingerprint density at radius 2 is 1.21 bits per heavy atom. The fourth-order valence-corrected chi connectivity index (χ4v) is 5.63. The van der Waals surface area contributed by atoms with Crippen LogP contribution in [0.15, 0.2) is 109 Å². The van der Waals surface area contributed by atoms with Gasteiger partial charge in [-0.1, -0.05) is 84.9 Å². The topological polar surface area (TPSA) is 75.6 Å². The number of ether oxygens (including phenoxy) is 6. The highest BCUT2D eigenvalue weighted by Crippen LogP contribution is 2.43. The van der Waals surface area contributed by atoms with E-state index >= 15 is 0 Å². The predicted octanol–water partition coefficient (Wildman–Crippen LogP) is 5.58. The minimum atomic E-state index is -1.00. The summed E-state index contributed by atoms with van der Waals surface area (Å²) < 4.78 is 36.3. The molecule has 1 aliphatic heterocycles. The second kappa shape index (κ2) is 14.0. The molecule has 4 atom stereocenters. The molecule has 0 spiro atoms. The van der Waals surface area contributed by atoms with E-state index in [0.29, 0.717) is 6.61 Å². The van der Waals surface area contributed by atoms with E-state index in [1.807, 2.05) is 97.1 Å². The molecule has 0 amide bonds. The quantitative estimate of drug-likeness (QED) is 0.211. The normalized spacial score (nSPS) is 20.4. The molecule has 1 heterocycles. The van der Waals surface area contributed by atoms with E-state index < -0.39 is 24.1 Å². The lowest BCUT2D eigenvalue weighted by molar-refractivity contribution is -0.151. The Kier molecular flexibility index (Phi) is 9.89. The standard InChI is InChI=1S/C35H38O7/c1-37-29-18-14-27(15-19-29)35(26-12-8-5-9-13-26,28-16-20-30(38-2)21-17-28)41-24-31-33(32(22-36)42-34(31)39-3)40-23-25-10-6-4-7-11-25/h4-21,31-34,36H,22-24H2,1-3H3/t31-,32-,33+,34+/m1/s1. The Morgan fingerprint density at radius 3 is 1.71 bits per heavy atom. The molecule has 4 aromatic carbocycles. The third kappa shape index (κ3) is 6.21. The van der Waals surface area contributed by atoms with Crippen LogP contribution < -0.4 is 9.47 Å². The van der Waals surface area contributed by atoms with Gasteiger partial charge in [-0.25, -0.2) is 0 Å². The molecule has 1 N–H and O–H groups in total. The van der Waals surface area contributed by atoms with Gasteiger partial charge in [-0.15, -0.1) is 0 Å². The second-order valence-electron chi connectivity index (χ2n) is 10.2. The summed E-state index contributed by atoms with van der Waals surface area (Å²) in [6, 6.07) is 35.9. The van der Waals surface area contributed by atoms with Crippen molar-refractivity contribution in [2.45, 2.75) is 30.7 Å². The average Bonchev–Trinajstić information content (AvgIpc) is 3.42. The summed E-state index contributed by atoms with van der Waals surface area (Å²) in [5.74, 6) is 1.17. The lowest BCUT2D eigenvalue weighted by atomic mass is 9.79. The van der Waals surface area contributed by atoms with E-state index in [9.17, 15) is 5.11 Å². The van der Waals surface area contributed by atoms with Crippen molar-refractivity contribution >= 4 is 0 Å². The van der Waals surface area contributed by atoms with E-state index in [1.54, 1.807) is 21.3 Å². The molecule has 42 heavy (non-hydrogen) atoms. The van der Waals surface area contributed by atoms with Crippen LogP contribution in [0.4, 0.5) is 0 Å². The van der Waals surface area contributed by atoms with Gasteiger partial charge in [0, 0.05) is 7.11 Å². The number of rotatable bonds is 13. The number of benzene rings is 4. The van der Waals surface area contributed by atoms with Gasteiger partial charge in [0.2, 0.25) is 0 Å². The van der Waals surface area contributed by atoms with Gasteiger partial charge in [0.1, 0.15) is 23.2 Å². The van der Waals surface area contributed by atoms with Crippen LogP contribution in [0.1, 0.15) is 22.3 Å². The Bertz CT molecular complexity index is 1310. The number of aliphatic hydroxyl groups excluding tert-OH is 1. The SMILES string of the molecule is COc1ccc(C(OC[C@H]2[C@@H](OC)O[C@H](CO)[C@H]2OCc2ccccc2)(c2ccccc2)c2ccc(OC)cc2)cc1. The minimum absolute atomic E-state index is 0.198. The number of hydrogen-bond acceptors (Lipinski definition) is 7. The molecule has 1 aliphatic rings. The zero-order valence-electron chi connectivity index (χ0n) is 24.2. The molecule has 7 heteroatoms. The largest absolute Gasteiger partial charge is 0.497 e. The molecule has 1 fully saturated rings. The van der Waals surface area contributed by atoms with Crippen molar-refractivity contribution in [3.8, 4) is 11.5 Å². The van der Waals surface area contributed by atoms with Crippen molar-refractivity contribution < 1.29 is 33.5 Å². The molecule has 0 aromatic heterocycles. The van der Waals surface area contributed by atoms with Gasteiger partial charge in [0.15, 0.2) is 6.29 Å². The average molecular weight is 571 g/mol. The fourth-order valence-electron chi connectivity index (χ4n) is 5.63. The number of methoxy groups -OCH3 is 3. The van der Waals surface area contributed by atoms with Crippen molar-refractivity contribution in [3.05, 3.63) is 131 Å². The van der Waals surface area contributed by atoms with Crippen molar-refractivity contribution in [2.75, 3.05) is 34.5 Å². The lowest BCUT2D eigenvalue weighted by Crippen LogP contribution is -2.40. The summed E-state index contributed by atoms with van der Waals surface area (Å²) in [7, 11) is 4.90. The maximum atomic E-state index is 10.2. The van der Waals surface area contributed by atoms with Gasteiger partial charge in [-0.3, -0.25) is 0 Å². The summed E-state index contributed by atoms with van der Waals surface area (Å²) in [4.78, 5) is 0. The summed E-state index contributed by atoms with van der Waals surface area (Å²) in [5, 5.41) is 10.2. The molecule has 220 valence electrons. The van der Waals surface area contributed by atoms with E-state index in [2.05, 4.69) is 12.1 Å². The van der Waals surface area contributed by atoms with E-state index in [0.717, 1.165) is 33.8 Å². The highest BCUT2D eigenvalue weighted by atomic mass is 16.7. The number of aliphatic hydroxyl groups is 1. The van der Waals surface area contributed by atoms with Crippen molar-refractivity contribution in [1.82, 2.24) is 0 Å². The van der Waals surface area contributed by atoms with Gasteiger partial charge in [-0.05, 0) is 46.5 Å². The zero-order valence-corrected chi connectivity index (χ0v) is 24.2. The predicted molar refractivity (Wildman–Crippen MR) is 160 cm³/mol. The molecule has 0 unspecified atom stereocenters. The summed E-state index contributed by atoms with van der Waals surface area (Å²) in [6.45, 7) is 0.400. The van der Waals surface area contributed by atoms with Crippen LogP contribution in [0.5, 0.6) is 11.5 Å². The fraction of sp³-hybridized carbons (Fsp3) is 0.314. The van der Waals surface area contributed by atoms with Crippen molar-refractivity contribution in [2.24, 2.45) is 5.92 Å². The van der Waals surface area contributed by atoms with Crippen LogP contribution in [0.3, 0.4) is 0 Å². The molecule has 4 aromatic rings. The van der Waals surface area contributed by atoms with Crippen LogP contribution in [0, 0.1) is 5.92 Å². The Hall–Kier alpha value is -3.72. The molecular weight excluding hydrogens is 532 g/mol. The van der Waals surface area contributed by atoms with Gasteiger partial charge < -0.3 is 33.5 Å². The Labute approximate surface area is 247 Å². The third-order valence-electron chi connectivity index (χ3n) is 7.81. The molecular formula is C35H38O7. The van der Waals surface area contributed by atoms with Crippen molar-refractivity contribution in [3.63, 3.8) is 0 Å². The molecule has 5 rings (SSSR count). The Morgan fingerprint density at radius 1 is 0.690 bits per heavy atom. The highest BCUT2D eigenvalue weighted by Gasteiger charge is 2.48. The van der Waals surface area contributed by atoms with Gasteiger partial charge in [0.25, 0.3) is 0 Å². The van der Waals surface area contributed by atoms with E-state index in [-0.39, 0.29) is 19.1 Å². The molecule has 1 saturated heterocycles. The zero-order chi connectivity index (χ0) is 29.4. The summed E-state index contributed by atoms with van der Waals surface area (Å²) in [6.07, 6.45) is -1.64. The first kappa shape index (κ1) is 29.8. The first-order chi connectivity index (χ1) is 20.6. The monoisotopic (exact) mass is 570 g/mol. The van der Waals surface area contributed by atoms with Crippen LogP contribution in [-0.2, 0) is 31.2 Å². The van der Waals surface area contributed by atoms with Crippen LogP contribution in [-0.4, -0.2) is 58.1 Å².